The number of alkyl halides is 3. The number of benzene rings is 1. The van der Waals surface area contributed by atoms with E-state index in [1.54, 1.807) is 0 Å². The van der Waals surface area contributed by atoms with Gasteiger partial charge in [-0.2, -0.15) is 13.2 Å². The largest absolute Gasteiger partial charge is 0.480 e. The second-order valence-electron chi connectivity index (χ2n) is 5.39. The van der Waals surface area contributed by atoms with Crippen molar-refractivity contribution in [1.82, 2.24) is 10.6 Å². The van der Waals surface area contributed by atoms with Gasteiger partial charge in [-0.15, -0.1) is 0 Å². The molecule has 0 spiro atoms. The van der Waals surface area contributed by atoms with E-state index in [-0.39, 0.29) is 18.8 Å². The second kappa shape index (κ2) is 8.15. The summed E-state index contributed by atoms with van der Waals surface area (Å²) < 4.78 is 43.9. The van der Waals surface area contributed by atoms with Crippen LogP contribution in [0.1, 0.15) is 15.9 Å². The Hall–Kier alpha value is -2.66. The third kappa shape index (κ3) is 5.17. The van der Waals surface area contributed by atoms with Crippen LogP contribution in [0.5, 0.6) is 0 Å². The summed E-state index contributed by atoms with van der Waals surface area (Å²) in [5.41, 5.74) is -1.79. The molecule has 0 saturated carbocycles. The number of aliphatic carboxylic acids is 1. The first-order valence-corrected chi connectivity index (χ1v) is 7.53. The molecular weight excluding hydrogens is 359 g/mol. The maximum Gasteiger partial charge on any atom is 0.416 e. The lowest BCUT2D eigenvalue weighted by molar-refractivity contribution is -0.138. The van der Waals surface area contributed by atoms with Gasteiger partial charge in [-0.05, 0) is 18.2 Å². The van der Waals surface area contributed by atoms with Crippen LogP contribution in [0.4, 0.5) is 18.9 Å². The minimum atomic E-state index is -4.71. The van der Waals surface area contributed by atoms with Gasteiger partial charge in [0.15, 0.2) is 0 Å². The number of carbonyl (C=O) groups excluding carboxylic acids is 2. The van der Waals surface area contributed by atoms with Gasteiger partial charge < -0.3 is 25.8 Å². The van der Waals surface area contributed by atoms with Crippen molar-refractivity contribution in [3.05, 3.63) is 29.3 Å². The zero-order chi connectivity index (χ0) is 19.3. The van der Waals surface area contributed by atoms with Crippen LogP contribution in [-0.2, 0) is 20.5 Å². The van der Waals surface area contributed by atoms with Crippen LogP contribution in [-0.4, -0.2) is 55.2 Å². The Morgan fingerprint density at radius 1 is 1.31 bits per heavy atom. The fourth-order valence-corrected chi connectivity index (χ4v) is 2.22. The Labute approximate surface area is 145 Å². The Kier molecular flexibility index (Phi) is 6.16. The van der Waals surface area contributed by atoms with Crippen molar-refractivity contribution in [1.29, 1.82) is 0 Å². The van der Waals surface area contributed by atoms with Gasteiger partial charge in [0.05, 0.1) is 23.4 Å². The molecule has 1 aliphatic heterocycles. The average molecular weight is 375 g/mol. The van der Waals surface area contributed by atoms with Crippen molar-refractivity contribution >= 4 is 23.5 Å². The lowest BCUT2D eigenvalue weighted by Crippen LogP contribution is -2.45. The molecule has 1 aliphatic rings. The Bertz CT molecular complexity index is 702. The van der Waals surface area contributed by atoms with Crippen LogP contribution in [0.25, 0.3) is 0 Å². The summed E-state index contributed by atoms with van der Waals surface area (Å²) >= 11 is 0. The zero-order valence-corrected chi connectivity index (χ0v) is 13.4. The summed E-state index contributed by atoms with van der Waals surface area (Å²) in [6, 6.07) is 2.20. The number of amides is 2. The number of morpholine rings is 1. The number of anilines is 1. The van der Waals surface area contributed by atoms with Gasteiger partial charge in [-0.25, -0.2) is 0 Å². The fraction of sp³-hybridized carbons (Fsp3) is 0.400. The summed E-state index contributed by atoms with van der Waals surface area (Å²) in [6.07, 6.45) is -5.57. The molecule has 1 aromatic carbocycles. The zero-order valence-electron chi connectivity index (χ0n) is 13.4. The maximum absolute atomic E-state index is 12.9. The molecular formula is C15H16F3N3O5. The molecule has 4 N–H and O–H groups in total. The van der Waals surface area contributed by atoms with E-state index < -0.39 is 47.7 Å². The SMILES string of the molecule is O=C(O)CNC(=O)c1cc(C(F)(F)F)ccc1NC(=O)C1CNCCO1. The van der Waals surface area contributed by atoms with E-state index in [0.717, 1.165) is 6.07 Å². The van der Waals surface area contributed by atoms with E-state index in [9.17, 15) is 27.6 Å². The molecule has 0 aromatic heterocycles. The highest BCUT2D eigenvalue weighted by molar-refractivity contribution is 6.05. The summed E-state index contributed by atoms with van der Waals surface area (Å²) in [4.78, 5) is 34.8. The van der Waals surface area contributed by atoms with Gasteiger partial charge >= 0.3 is 12.1 Å². The summed E-state index contributed by atoms with van der Waals surface area (Å²) in [5.74, 6) is -3.06. The number of halogens is 3. The number of carbonyl (C=O) groups is 3. The average Bonchev–Trinajstić information content (AvgIpc) is 2.59. The molecule has 1 aromatic rings. The highest BCUT2D eigenvalue weighted by Gasteiger charge is 2.32. The molecule has 1 heterocycles. The molecule has 8 nitrogen and oxygen atoms in total. The summed E-state index contributed by atoms with van der Waals surface area (Å²) in [7, 11) is 0. The smallest absolute Gasteiger partial charge is 0.416 e. The van der Waals surface area contributed by atoms with E-state index in [1.807, 2.05) is 5.32 Å². The van der Waals surface area contributed by atoms with Crippen molar-refractivity contribution in [3.8, 4) is 0 Å². The molecule has 26 heavy (non-hydrogen) atoms. The van der Waals surface area contributed by atoms with Crippen LogP contribution in [0.3, 0.4) is 0 Å². The number of carboxylic acid groups (broad SMARTS) is 1. The molecule has 0 aliphatic carbocycles. The molecule has 2 rings (SSSR count). The van der Waals surface area contributed by atoms with Gasteiger partial charge in [0.2, 0.25) is 0 Å². The molecule has 142 valence electrons. The van der Waals surface area contributed by atoms with E-state index in [2.05, 4.69) is 10.6 Å². The summed E-state index contributed by atoms with van der Waals surface area (Å²) in [5, 5.41) is 15.8. The van der Waals surface area contributed by atoms with Crippen molar-refractivity contribution in [2.24, 2.45) is 0 Å². The molecule has 0 radical (unpaired) electrons. The predicted octanol–water partition coefficient (Wildman–Crippen LogP) is 0.447. The lowest BCUT2D eigenvalue weighted by Gasteiger charge is -2.23. The number of hydrogen-bond donors (Lipinski definition) is 4. The molecule has 0 bridgehead atoms. The molecule has 1 saturated heterocycles. The highest BCUT2D eigenvalue weighted by Crippen LogP contribution is 2.32. The minimum Gasteiger partial charge on any atom is -0.480 e. The van der Waals surface area contributed by atoms with Gasteiger partial charge in [0.25, 0.3) is 11.8 Å². The quantitative estimate of drug-likeness (QED) is 0.594. The third-order valence-electron chi connectivity index (χ3n) is 3.47. The van der Waals surface area contributed by atoms with E-state index >= 15 is 0 Å². The van der Waals surface area contributed by atoms with Gasteiger partial charge in [0, 0.05) is 13.1 Å². The van der Waals surface area contributed by atoms with Crippen LogP contribution < -0.4 is 16.0 Å². The molecule has 1 atom stereocenters. The van der Waals surface area contributed by atoms with Crippen molar-refractivity contribution in [3.63, 3.8) is 0 Å². The molecule has 2 amide bonds. The van der Waals surface area contributed by atoms with E-state index in [4.69, 9.17) is 9.84 Å². The molecule has 11 heteroatoms. The first-order valence-electron chi connectivity index (χ1n) is 7.53. The Balaban J connectivity index is 2.26. The Morgan fingerprint density at radius 3 is 2.62 bits per heavy atom. The normalized spacial score (nSPS) is 17.4. The number of carboxylic acids is 1. The second-order valence-corrected chi connectivity index (χ2v) is 5.39. The van der Waals surface area contributed by atoms with Gasteiger partial charge in [-0.1, -0.05) is 0 Å². The van der Waals surface area contributed by atoms with E-state index in [1.165, 1.54) is 0 Å². The molecule has 1 fully saturated rings. The minimum absolute atomic E-state index is 0.180. The van der Waals surface area contributed by atoms with Crippen molar-refractivity contribution in [2.75, 3.05) is 31.6 Å². The van der Waals surface area contributed by atoms with Crippen LogP contribution >= 0.6 is 0 Å². The monoisotopic (exact) mass is 375 g/mol. The predicted molar refractivity (Wildman–Crippen MR) is 82.7 cm³/mol. The van der Waals surface area contributed by atoms with Crippen LogP contribution in [0, 0.1) is 0 Å². The van der Waals surface area contributed by atoms with Crippen LogP contribution in [0.2, 0.25) is 0 Å². The first kappa shape index (κ1) is 19.7. The van der Waals surface area contributed by atoms with Gasteiger partial charge in [-0.3, -0.25) is 14.4 Å². The standard InChI is InChI=1S/C15H16F3N3O5/c16-15(17,18)8-1-2-10(9(5-8)13(24)20-7-12(22)23)21-14(25)11-6-19-3-4-26-11/h1-2,5,11,19H,3-4,6-7H2,(H,20,24)(H,21,25)(H,22,23). The number of ether oxygens (including phenoxy) is 1. The highest BCUT2D eigenvalue weighted by atomic mass is 19.4. The number of hydrogen-bond acceptors (Lipinski definition) is 5. The fourth-order valence-electron chi connectivity index (χ4n) is 2.22. The summed E-state index contributed by atoms with van der Waals surface area (Å²) in [6.45, 7) is 0.287. The van der Waals surface area contributed by atoms with E-state index in [0.29, 0.717) is 18.7 Å². The number of nitrogens with one attached hydrogen (secondary N) is 3. The Morgan fingerprint density at radius 2 is 2.04 bits per heavy atom. The maximum atomic E-state index is 12.9. The van der Waals surface area contributed by atoms with Crippen molar-refractivity contribution < 1.29 is 37.4 Å². The van der Waals surface area contributed by atoms with Crippen LogP contribution in [0.15, 0.2) is 18.2 Å². The third-order valence-corrected chi connectivity index (χ3v) is 3.47. The van der Waals surface area contributed by atoms with Crippen molar-refractivity contribution in [2.45, 2.75) is 12.3 Å². The molecule has 1 unspecified atom stereocenters. The lowest BCUT2D eigenvalue weighted by atomic mass is 10.1. The number of rotatable bonds is 5. The topological polar surface area (TPSA) is 117 Å². The van der Waals surface area contributed by atoms with Gasteiger partial charge in [0.1, 0.15) is 12.6 Å². The first-order chi connectivity index (χ1) is 12.2.